The van der Waals surface area contributed by atoms with Gasteiger partial charge in [0.1, 0.15) is 8.07 Å². The van der Waals surface area contributed by atoms with Crippen molar-refractivity contribution in [3.05, 3.63) is 60.7 Å². The highest BCUT2D eigenvalue weighted by molar-refractivity contribution is 7.04. The zero-order chi connectivity index (χ0) is 17.5. The largest absolute Gasteiger partial charge is 0.396 e. The highest BCUT2D eigenvalue weighted by Gasteiger charge is 2.46. The summed E-state index contributed by atoms with van der Waals surface area (Å²) in [6.07, 6.45) is 4.52. The van der Waals surface area contributed by atoms with Gasteiger partial charge in [-0.15, -0.1) is 0 Å². The van der Waals surface area contributed by atoms with Crippen LogP contribution in [0.25, 0.3) is 0 Å². The first-order chi connectivity index (χ1) is 11.5. The van der Waals surface area contributed by atoms with E-state index in [0.717, 1.165) is 12.8 Å². The van der Waals surface area contributed by atoms with Crippen LogP contribution in [0.15, 0.2) is 60.7 Å². The average Bonchev–Trinajstić information content (AvgIpc) is 2.59. The molecule has 0 aromatic heterocycles. The highest BCUT2D eigenvalue weighted by Crippen LogP contribution is 2.39. The summed E-state index contributed by atoms with van der Waals surface area (Å²) in [7, 11) is -1.87. The van der Waals surface area contributed by atoms with Gasteiger partial charge in [0.25, 0.3) is 0 Å². The lowest BCUT2D eigenvalue weighted by Gasteiger charge is -2.44. The molecule has 0 saturated heterocycles. The van der Waals surface area contributed by atoms with E-state index in [-0.39, 0.29) is 5.04 Å². The Balaban J connectivity index is 2.42. The van der Waals surface area contributed by atoms with E-state index < -0.39 is 8.07 Å². The van der Waals surface area contributed by atoms with Crippen molar-refractivity contribution in [2.45, 2.75) is 57.5 Å². The van der Waals surface area contributed by atoms with Gasteiger partial charge >= 0.3 is 0 Å². The van der Waals surface area contributed by atoms with E-state index >= 15 is 0 Å². The second kappa shape index (κ2) is 8.64. The maximum Gasteiger partial charge on any atom is 0.123 e. The van der Waals surface area contributed by atoms with Crippen molar-refractivity contribution in [1.82, 2.24) is 0 Å². The minimum atomic E-state index is -1.87. The van der Waals surface area contributed by atoms with Crippen molar-refractivity contribution in [2.24, 2.45) is 0 Å². The zero-order valence-corrected chi connectivity index (χ0v) is 16.5. The number of hydrogen-bond acceptors (Lipinski definition) is 1. The topological polar surface area (TPSA) is 20.2 Å². The van der Waals surface area contributed by atoms with Crippen molar-refractivity contribution >= 4 is 18.4 Å². The van der Waals surface area contributed by atoms with Crippen LogP contribution in [0.3, 0.4) is 0 Å². The summed E-state index contributed by atoms with van der Waals surface area (Å²) in [5.41, 5.74) is 0. The third-order valence-electron chi connectivity index (χ3n) is 5.27. The van der Waals surface area contributed by atoms with Crippen LogP contribution in [0.1, 0.15) is 46.5 Å². The van der Waals surface area contributed by atoms with Crippen LogP contribution in [0.4, 0.5) is 0 Å². The summed E-state index contributed by atoms with van der Waals surface area (Å²) in [4.78, 5) is 0. The Hall–Kier alpha value is -1.38. The van der Waals surface area contributed by atoms with Gasteiger partial charge in [0, 0.05) is 6.61 Å². The van der Waals surface area contributed by atoms with Gasteiger partial charge in [-0.2, -0.15) is 0 Å². The van der Waals surface area contributed by atoms with E-state index in [1.165, 1.54) is 18.9 Å². The molecule has 1 nitrogen and oxygen atoms in total. The molecule has 0 aliphatic heterocycles. The summed E-state index contributed by atoms with van der Waals surface area (Å²) >= 11 is 0. The maximum atomic E-state index is 9.02. The smallest absolute Gasteiger partial charge is 0.123 e. The molecule has 2 heteroatoms. The fourth-order valence-electron chi connectivity index (χ4n) is 4.00. The molecule has 0 atom stereocenters. The van der Waals surface area contributed by atoms with E-state index in [0.29, 0.717) is 6.61 Å². The predicted molar refractivity (Wildman–Crippen MR) is 108 cm³/mol. The fraction of sp³-hybridized carbons (Fsp3) is 0.455. The van der Waals surface area contributed by atoms with E-state index in [9.17, 15) is 0 Å². The summed E-state index contributed by atoms with van der Waals surface area (Å²) in [6.45, 7) is 7.59. The zero-order valence-electron chi connectivity index (χ0n) is 15.5. The molecule has 2 aromatic carbocycles. The molecule has 1 N–H and O–H groups in total. The molecule has 0 spiro atoms. The third kappa shape index (κ3) is 4.17. The third-order valence-corrected chi connectivity index (χ3v) is 11.6. The Kier molecular flexibility index (Phi) is 6.82. The predicted octanol–water partition coefficient (Wildman–Crippen LogP) is 4.60. The molecule has 130 valence electrons. The second-order valence-electron chi connectivity index (χ2n) is 7.78. The SMILES string of the molecule is CC(C)(C)[Si](CCCCCCO)(c1ccccc1)c1ccccc1. The minimum absolute atomic E-state index is 0.257. The van der Waals surface area contributed by atoms with Crippen molar-refractivity contribution < 1.29 is 5.11 Å². The van der Waals surface area contributed by atoms with E-state index in [4.69, 9.17) is 5.11 Å². The van der Waals surface area contributed by atoms with Gasteiger partial charge in [0.2, 0.25) is 0 Å². The maximum absolute atomic E-state index is 9.02. The minimum Gasteiger partial charge on any atom is -0.396 e. The summed E-state index contributed by atoms with van der Waals surface area (Å²) in [5, 5.41) is 12.4. The van der Waals surface area contributed by atoms with Crippen LogP contribution in [-0.4, -0.2) is 19.8 Å². The van der Waals surface area contributed by atoms with Gasteiger partial charge in [0.05, 0.1) is 0 Å². The quantitative estimate of drug-likeness (QED) is 0.550. The molecule has 0 bridgehead atoms. The molecule has 0 unspecified atom stereocenters. The molecule has 0 aliphatic rings. The van der Waals surface area contributed by atoms with Crippen LogP contribution in [0.5, 0.6) is 0 Å². The van der Waals surface area contributed by atoms with E-state index in [2.05, 4.69) is 81.4 Å². The second-order valence-corrected chi connectivity index (χ2v) is 12.7. The van der Waals surface area contributed by atoms with Gasteiger partial charge in [-0.25, -0.2) is 0 Å². The monoisotopic (exact) mass is 340 g/mol. The molecule has 0 fully saturated rings. The molecule has 0 heterocycles. The van der Waals surface area contributed by atoms with Crippen molar-refractivity contribution in [3.63, 3.8) is 0 Å². The van der Waals surface area contributed by atoms with Gasteiger partial charge in [-0.05, 0) is 17.5 Å². The van der Waals surface area contributed by atoms with Crippen molar-refractivity contribution in [3.8, 4) is 0 Å². The normalized spacial score (nSPS) is 12.3. The Morgan fingerprint density at radius 1 is 0.708 bits per heavy atom. The van der Waals surface area contributed by atoms with Gasteiger partial charge in [-0.1, -0.05) is 111 Å². The highest BCUT2D eigenvalue weighted by atomic mass is 28.3. The molecule has 0 amide bonds. The lowest BCUT2D eigenvalue weighted by atomic mass is 10.2. The average molecular weight is 341 g/mol. The summed E-state index contributed by atoms with van der Waals surface area (Å²) in [5.74, 6) is 0. The van der Waals surface area contributed by atoms with E-state index in [1.54, 1.807) is 10.4 Å². The van der Waals surface area contributed by atoms with Gasteiger partial charge in [0.15, 0.2) is 0 Å². The summed E-state index contributed by atoms with van der Waals surface area (Å²) < 4.78 is 0. The standard InChI is InChI=1S/C22H32OSi/c1-22(2,3)24(19-13-5-4-12-18-23,20-14-8-6-9-15-20)21-16-10-7-11-17-21/h6-11,14-17,23H,4-5,12-13,18-19H2,1-3H3. The Morgan fingerprint density at radius 3 is 1.58 bits per heavy atom. The van der Waals surface area contributed by atoms with Crippen LogP contribution in [-0.2, 0) is 0 Å². The fourth-order valence-corrected chi connectivity index (χ4v) is 9.69. The number of aliphatic hydroxyl groups excluding tert-OH is 1. The molecular formula is C22H32OSi. The molecule has 2 aromatic rings. The van der Waals surface area contributed by atoms with Crippen LogP contribution < -0.4 is 10.4 Å². The number of rotatable bonds is 8. The van der Waals surface area contributed by atoms with Gasteiger partial charge in [-0.3, -0.25) is 0 Å². The van der Waals surface area contributed by atoms with Crippen LogP contribution in [0, 0.1) is 0 Å². The van der Waals surface area contributed by atoms with Crippen molar-refractivity contribution in [2.75, 3.05) is 6.61 Å². The van der Waals surface area contributed by atoms with Crippen molar-refractivity contribution in [1.29, 1.82) is 0 Å². The Morgan fingerprint density at radius 2 is 1.17 bits per heavy atom. The molecule has 2 rings (SSSR count). The molecular weight excluding hydrogens is 308 g/mol. The Bertz CT molecular complexity index is 547. The van der Waals surface area contributed by atoms with E-state index in [1.807, 2.05) is 0 Å². The molecule has 24 heavy (non-hydrogen) atoms. The Labute approximate surface area is 148 Å². The lowest BCUT2D eigenvalue weighted by molar-refractivity contribution is 0.283. The number of unbranched alkanes of at least 4 members (excludes halogenated alkanes) is 3. The first-order valence-electron chi connectivity index (χ1n) is 9.24. The first kappa shape index (κ1) is 18.9. The molecule has 0 aliphatic carbocycles. The van der Waals surface area contributed by atoms with Crippen LogP contribution in [0.2, 0.25) is 11.1 Å². The summed E-state index contributed by atoms with van der Waals surface area (Å²) in [6, 6.07) is 23.7. The molecule has 0 radical (unpaired) electrons. The molecule has 0 saturated carbocycles. The first-order valence-corrected chi connectivity index (χ1v) is 11.4. The van der Waals surface area contributed by atoms with Crippen LogP contribution >= 0.6 is 0 Å². The lowest BCUT2D eigenvalue weighted by Crippen LogP contribution is -2.64. The number of aliphatic hydroxyl groups is 1. The number of benzene rings is 2. The number of hydrogen-bond donors (Lipinski definition) is 1. The van der Waals surface area contributed by atoms with Gasteiger partial charge < -0.3 is 5.11 Å².